The van der Waals surface area contributed by atoms with E-state index in [4.69, 9.17) is 9.72 Å². The maximum absolute atomic E-state index is 11.9. The van der Waals surface area contributed by atoms with Crippen LogP contribution < -0.4 is 15.0 Å². The van der Waals surface area contributed by atoms with Crippen LogP contribution in [0.5, 0.6) is 5.75 Å². The molecule has 1 aromatic carbocycles. The van der Waals surface area contributed by atoms with E-state index in [1.54, 1.807) is 0 Å². The maximum atomic E-state index is 11.9. The average Bonchev–Trinajstić information content (AvgIpc) is 3.28. The van der Waals surface area contributed by atoms with Crippen molar-refractivity contribution in [2.45, 2.75) is 57.8 Å². The van der Waals surface area contributed by atoms with Crippen molar-refractivity contribution < 1.29 is 14.6 Å². The van der Waals surface area contributed by atoms with Gasteiger partial charge in [-0.25, -0.2) is 4.98 Å². The minimum atomic E-state index is -0.249. The zero-order valence-electron chi connectivity index (χ0n) is 16.8. The van der Waals surface area contributed by atoms with Gasteiger partial charge in [-0.2, -0.15) is 0 Å². The second-order valence-corrected chi connectivity index (χ2v) is 8.30. The van der Waals surface area contributed by atoms with Gasteiger partial charge >= 0.3 is 0 Å². The summed E-state index contributed by atoms with van der Waals surface area (Å²) in [6, 6.07) is 8.23. The summed E-state index contributed by atoms with van der Waals surface area (Å²) in [5.41, 5.74) is 5.18. The molecular formula is C23H27N3O3. The number of ether oxygens (including phenoxy) is 1. The Kier molecular flexibility index (Phi) is 4.66. The number of piperidine rings is 1. The summed E-state index contributed by atoms with van der Waals surface area (Å²) in [7, 11) is 0. The number of hydrogen-bond donors (Lipinski definition) is 2. The molecule has 3 aliphatic rings. The van der Waals surface area contributed by atoms with E-state index in [1.165, 1.54) is 11.1 Å². The number of carbonyl (C=O) groups is 1. The summed E-state index contributed by atoms with van der Waals surface area (Å²) in [6.07, 6.45) is 4.17. The van der Waals surface area contributed by atoms with Crippen LogP contribution in [0.3, 0.4) is 0 Å². The molecule has 0 saturated carbocycles. The number of fused-ring (bicyclic) bond motifs is 2. The fraction of sp³-hybridized carbons (Fsp3) is 0.478. The SMILES string of the molecule is CCc1cc2c(nc1N1CCC(Oc3ccc4c(c3)CC(O)C4)CC1)CNC2=O. The number of anilines is 1. The number of carbonyl (C=O) groups excluding carboxylic acids is 1. The molecule has 0 radical (unpaired) electrons. The highest BCUT2D eigenvalue weighted by Gasteiger charge is 2.27. The minimum Gasteiger partial charge on any atom is -0.490 e. The highest BCUT2D eigenvalue weighted by molar-refractivity contribution is 5.98. The van der Waals surface area contributed by atoms with Crippen molar-refractivity contribution in [1.82, 2.24) is 10.3 Å². The summed E-state index contributed by atoms with van der Waals surface area (Å²) in [6.45, 7) is 4.43. The lowest BCUT2D eigenvalue weighted by Gasteiger charge is -2.34. The number of amides is 1. The molecule has 29 heavy (non-hydrogen) atoms. The van der Waals surface area contributed by atoms with Gasteiger partial charge in [0.05, 0.1) is 23.9 Å². The Morgan fingerprint density at radius 2 is 2.00 bits per heavy atom. The molecule has 2 N–H and O–H groups in total. The highest BCUT2D eigenvalue weighted by Crippen LogP contribution is 2.30. The number of benzene rings is 1. The molecule has 6 heteroatoms. The lowest BCUT2D eigenvalue weighted by atomic mass is 10.0. The van der Waals surface area contributed by atoms with Gasteiger partial charge in [0.15, 0.2) is 0 Å². The van der Waals surface area contributed by atoms with Crippen molar-refractivity contribution >= 4 is 11.7 Å². The maximum Gasteiger partial charge on any atom is 0.253 e. The van der Waals surface area contributed by atoms with Crippen molar-refractivity contribution in [3.63, 3.8) is 0 Å². The summed E-state index contributed by atoms with van der Waals surface area (Å²) in [5, 5.41) is 12.7. The molecule has 1 amide bonds. The molecule has 1 aromatic heterocycles. The Morgan fingerprint density at radius 1 is 1.21 bits per heavy atom. The molecule has 5 rings (SSSR count). The predicted octanol–water partition coefficient (Wildman–Crippen LogP) is 2.39. The van der Waals surface area contributed by atoms with Gasteiger partial charge in [-0.05, 0) is 54.2 Å². The Bertz CT molecular complexity index is 951. The van der Waals surface area contributed by atoms with Gasteiger partial charge < -0.3 is 20.1 Å². The van der Waals surface area contributed by atoms with Crippen LogP contribution in [0.25, 0.3) is 0 Å². The van der Waals surface area contributed by atoms with E-state index in [1.807, 2.05) is 12.1 Å². The molecule has 6 nitrogen and oxygen atoms in total. The molecule has 1 saturated heterocycles. The normalized spacial score (nSPS) is 21.1. The lowest BCUT2D eigenvalue weighted by Crippen LogP contribution is -2.39. The number of aliphatic hydroxyl groups is 1. The Morgan fingerprint density at radius 3 is 2.79 bits per heavy atom. The molecule has 1 unspecified atom stereocenters. The minimum absolute atomic E-state index is 0.0114. The number of aryl methyl sites for hydroxylation is 1. The topological polar surface area (TPSA) is 74.7 Å². The molecule has 2 aliphatic heterocycles. The summed E-state index contributed by atoms with van der Waals surface area (Å²) in [5.74, 6) is 1.92. The van der Waals surface area contributed by atoms with Crippen molar-refractivity contribution in [2.75, 3.05) is 18.0 Å². The molecule has 3 heterocycles. The molecule has 152 valence electrons. The largest absolute Gasteiger partial charge is 0.490 e. The number of aliphatic hydroxyl groups excluding tert-OH is 1. The fourth-order valence-corrected chi connectivity index (χ4v) is 4.73. The zero-order valence-corrected chi connectivity index (χ0v) is 16.8. The van der Waals surface area contributed by atoms with Gasteiger partial charge in [0.1, 0.15) is 17.7 Å². The van der Waals surface area contributed by atoms with Gasteiger partial charge in [0, 0.05) is 25.9 Å². The Hall–Kier alpha value is -2.60. The standard InChI is InChI=1S/C23H27N3O3/c1-2-14-12-20-21(13-24-23(20)28)25-22(14)26-7-5-18(6-8-26)29-19-4-3-15-9-17(27)10-16(15)11-19/h3-4,11-12,17-18,27H,2,5-10,13H2,1H3,(H,24,28). The first-order chi connectivity index (χ1) is 14.1. The second-order valence-electron chi connectivity index (χ2n) is 8.30. The van der Waals surface area contributed by atoms with E-state index >= 15 is 0 Å². The zero-order chi connectivity index (χ0) is 20.0. The molecule has 1 fully saturated rings. The Labute approximate surface area is 170 Å². The van der Waals surface area contributed by atoms with Crippen molar-refractivity contribution in [2.24, 2.45) is 0 Å². The van der Waals surface area contributed by atoms with E-state index in [2.05, 4.69) is 29.3 Å². The van der Waals surface area contributed by atoms with Crippen LogP contribution in [0.1, 0.15) is 52.5 Å². The van der Waals surface area contributed by atoms with Crippen molar-refractivity contribution in [3.8, 4) is 5.75 Å². The van der Waals surface area contributed by atoms with Crippen LogP contribution >= 0.6 is 0 Å². The van der Waals surface area contributed by atoms with Gasteiger partial charge in [0.2, 0.25) is 0 Å². The average molecular weight is 393 g/mol. The van der Waals surface area contributed by atoms with Gasteiger partial charge in [-0.3, -0.25) is 4.79 Å². The summed E-state index contributed by atoms with van der Waals surface area (Å²) < 4.78 is 6.26. The van der Waals surface area contributed by atoms with Crippen LogP contribution in [0.4, 0.5) is 5.82 Å². The van der Waals surface area contributed by atoms with E-state index in [0.29, 0.717) is 6.54 Å². The van der Waals surface area contributed by atoms with Crippen LogP contribution in [0, 0.1) is 0 Å². The highest BCUT2D eigenvalue weighted by atomic mass is 16.5. The van der Waals surface area contributed by atoms with E-state index in [9.17, 15) is 9.90 Å². The second kappa shape index (κ2) is 7.34. The quantitative estimate of drug-likeness (QED) is 0.834. The Balaban J connectivity index is 1.26. The third-order valence-electron chi connectivity index (χ3n) is 6.33. The van der Waals surface area contributed by atoms with E-state index in [-0.39, 0.29) is 18.1 Å². The number of nitrogens with zero attached hydrogens (tertiary/aromatic N) is 2. The van der Waals surface area contributed by atoms with Crippen LogP contribution in [0.2, 0.25) is 0 Å². The number of aromatic nitrogens is 1. The molecular weight excluding hydrogens is 366 g/mol. The summed E-state index contributed by atoms with van der Waals surface area (Å²) in [4.78, 5) is 19.1. The van der Waals surface area contributed by atoms with Crippen LogP contribution in [-0.4, -0.2) is 41.3 Å². The van der Waals surface area contributed by atoms with Crippen LogP contribution in [0.15, 0.2) is 24.3 Å². The van der Waals surface area contributed by atoms with Gasteiger partial charge in [0.25, 0.3) is 5.91 Å². The first kappa shape index (κ1) is 18.4. The number of rotatable bonds is 4. The molecule has 1 aliphatic carbocycles. The number of pyridine rings is 1. The van der Waals surface area contributed by atoms with E-state index in [0.717, 1.165) is 73.6 Å². The molecule has 0 bridgehead atoms. The number of hydrogen-bond acceptors (Lipinski definition) is 5. The fourth-order valence-electron chi connectivity index (χ4n) is 4.73. The van der Waals surface area contributed by atoms with Crippen molar-refractivity contribution in [1.29, 1.82) is 0 Å². The third-order valence-corrected chi connectivity index (χ3v) is 6.33. The predicted molar refractivity (Wildman–Crippen MR) is 111 cm³/mol. The number of nitrogens with one attached hydrogen (secondary N) is 1. The van der Waals surface area contributed by atoms with Gasteiger partial charge in [-0.1, -0.05) is 13.0 Å². The first-order valence-electron chi connectivity index (χ1n) is 10.6. The van der Waals surface area contributed by atoms with Crippen LogP contribution in [-0.2, 0) is 25.8 Å². The lowest BCUT2D eigenvalue weighted by molar-refractivity contribution is 0.0965. The summed E-state index contributed by atoms with van der Waals surface area (Å²) >= 11 is 0. The van der Waals surface area contributed by atoms with E-state index < -0.39 is 0 Å². The molecule has 2 aromatic rings. The molecule has 0 spiro atoms. The smallest absolute Gasteiger partial charge is 0.253 e. The van der Waals surface area contributed by atoms with Crippen molar-refractivity contribution in [3.05, 3.63) is 52.2 Å². The third kappa shape index (κ3) is 3.46. The first-order valence-corrected chi connectivity index (χ1v) is 10.6. The van der Waals surface area contributed by atoms with Gasteiger partial charge in [-0.15, -0.1) is 0 Å². The molecule has 1 atom stereocenters. The monoisotopic (exact) mass is 393 g/mol.